The van der Waals surface area contributed by atoms with Crippen LogP contribution >= 0.6 is 23.2 Å². The summed E-state index contributed by atoms with van der Waals surface area (Å²) in [6, 6.07) is 4.76. The van der Waals surface area contributed by atoms with Gasteiger partial charge in [0, 0.05) is 18.4 Å². The van der Waals surface area contributed by atoms with Gasteiger partial charge in [-0.1, -0.05) is 23.2 Å². The molecular weight excluding hydrogens is 414 g/mol. The Morgan fingerprint density at radius 2 is 1.86 bits per heavy atom. The van der Waals surface area contributed by atoms with Crippen molar-refractivity contribution in [2.45, 2.75) is 25.4 Å². The van der Waals surface area contributed by atoms with Gasteiger partial charge in [0.2, 0.25) is 5.95 Å². The molecule has 10 heteroatoms. The predicted molar refractivity (Wildman–Crippen MR) is 106 cm³/mol. The van der Waals surface area contributed by atoms with E-state index in [1.54, 1.807) is 18.2 Å². The van der Waals surface area contributed by atoms with Crippen molar-refractivity contribution in [3.8, 4) is 0 Å². The highest BCUT2D eigenvalue weighted by molar-refractivity contribution is 6.42. The fourth-order valence-electron chi connectivity index (χ4n) is 3.00. The van der Waals surface area contributed by atoms with Crippen molar-refractivity contribution in [2.75, 3.05) is 36.8 Å². The first kappa shape index (κ1) is 21.0. The van der Waals surface area contributed by atoms with Gasteiger partial charge in [-0.15, -0.1) is 0 Å². The maximum Gasteiger partial charge on any atom is 0.421 e. The molecule has 3 rings (SSSR count). The predicted octanol–water partition coefficient (Wildman–Crippen LogP) is 5.44. The SMILES string of the molecule is FC(F)(F)c1cnc(Nc2ccc(Cl)c(Cl)c2)nc1NCCCN1CCCC1. The quantitative estimate of drug-likeness (QED) is 0.569. The van der Waals surface area contributed by atoms with Crippen LogP contribution in [0.1, 0.15) is 24.8 Å². The van der Waals surface area contributed by atoms with Gasteiger partial charge in [-0.05, 0) is 57.1 Å². The molecule has 1 saturated heterocycles. The third-order valence-electron chi connectivity index (χ3n) is 4.41. The molecule has 1 aromatic carbocycles. The van der Waals surface area contributed by atoms with Crippen LogP contribution in [0.15, 0.2) is 24.4 Å². The van der Waals surface area contributed by atoms with Crippen LogP contribution in [0.25, 0.3) is 0 Å². The Bertz CT molecular complexity index is 810. The second-order valence-electron chi connectivity index (χ2n) is 6.54. The second-order valence-corrected chi connectivity index (χ2v) is 7.35. The Hall–Kier alpha value is -1.77. The van der Waals surface area contributed by atoms with Crippen LogP contribution in [0.4, 0.5) is 30.6 Å². The molecule has 1 fully saturated rings. The number of hydrogen-bond donors (Lipinski definition) is 2. The van der Waals surface area contributed by atoms with E-state index in [1.807, 2.05) is 0 Å². The Morgan fingerprint density at radius 3 is 2.54 bits per heavy atom. The summed E-state index contributed by atoms with van der Waals surface area (Å²) in [7, 11) is 0. The molecule has 1 aromatic heterocycles. The van der Waals surface area contributed by atoms with Crippen LogP contribution in [0.5, 0.6) is 0 Å². The van der Waals surface area contributed by atoms with Crippen LogP contribution < -0.4 is 10.6 Å². The number of nitrogens with one attached hydrogen (secondary N) is 2. The summed E-state index contributed by atoms with van der Waals surface area (Å²) in [4.78, 5) is 10.1. The minimum atomic E-state index is -4.54. The number of benzene rings is 1. The molecular formula is C18H20Cl2F3N5. The fourth-order valence-corrected chi connectivity index (χ4v) is 3.30. The number of halogens is 5. The molecule has 2 aromatic rings. The summed E-state index contributed by atoms with van der Waals surface area (Å²) >= 11 is 11.8. The number of rotatable bonds is 7. The molecule has 1 aliphatic heterocycles. The minimum Gasteiger partial charge on any atom is -0.369 e. The van der Waals surface area contributed by atoms with E-state index in [4.69, 9.17) is 23.2 Å². The number of aromatic nitrogens is 2. The van der Waals surface area contributed by atoms with Crippen LogP contribution in [0.3, 0.4) is 0 Å². The van der Waals surface area contributed by atoms with E-state index in [0.29, 0.717) is 22.3 Å². The summed E-state index contributed by atoms with van der Waals surface area (Å²) in [6.45, 7) is 3.36. The zero-order valence-electron chi connectivity index (χ0n) is 15.0. The van der Waals surface area contributed by atoms with E-state index in [0.717, 1.165) is 32.3 Å². The minimum absolute atomic E-state index is 0.0356. The van der Waals surface area contributed by atoms with Gasteiger partial charge >= 0.3 is 6.18 Å². The van der Waals surface area contributed by atoms with E-state index in [1.165, 1.54) is 12.8 Å². The normalized spacial score (nSPS) is 15.0. The Kier molecular flexibility index (Phi) is 6.85. The summed E-state index contributed by atoms with van der Waals surface area (Å²) in [5.74, 6) is -0.208. The highest BCUT2D eigenvalue weighted by atomic mass is 35.5. The van der Waals surface area contributed by atoms with Crippen LogP contribution in [-0.4, -0.2) is 41.0 Å². The van der Waals surface area contributed by atoms with Crippen molar-refractivity contribution >= 4 is 40.7 Å². The smallest absolute Gasteiger partial charge is 0.369 e. The summed E-state index contributed by atoms with van der Waals surface area (Å²) < 4.78 is 39.8. The van der Waals surface area contributed by atoms with Gasteiger partial charge < -0.3 is 15.5 Å². The molecule has 0 saturated carbocycles. The number of nitrogens with zero attached hydrogens (tertiary/aromatic N) is 3. The highest BCUT2D eigenvalue weighted by Crippen LogP contribution is 2.34. The molecule has 0 aliphatic carbocycles. The van der Waals surface area contributed by atoms with Crippen LogP contribution in [-0.2, 0) is 6.18 Å². The fraction of sp³-hybridized carbons (Fsp3) is 0.444. The molecule has 0 unspecified atom stereocenters. The van der Waals surface area contributed by atoms with Crippen LogP contribution in [0, 0.1) is 0 Å². The van der Waals surface area contributed by atoms with Gasteiger partial charge in [0.15, 0.2) is 0 Å². The van der Waals surface area contributed by atoms with Gasteiger partial charge in [-0.2, -0.15) is 18.2 Å². The monoisotopic (exact) mass is 433 g/mol. The topological polar surface area (TPSA) is 53.1 Å². The van der Waals surface area contributed by atoms with Crippen molar-refractivity contribution in [3.05, 3.63) is 40.0 Å². The first-order chi connectivity index (χ1) is 13.3. The molecule has 0 radical (unpaired) electrons. The maximum atomic E-state index is 13.3. The van der Waals surface area contributed by atoms with E-state index < -0.39 is 11.7 Å². The molecule has 1 aliphatic rings. The molecule has 2 heterocycles. The summed E-state index contributed by atoms with van der Waals surface area (Å²) in [5.41, 5.74) is -0.373. The van der Waals surface area contributed by atoms with E-state index in [9.17, 15) is 13.2 Å². The lowest BCUT2D eigenvalue weighted by atomic mass is 10.3. The van der Waals surface area contributed by atoms with Gasteiger partial charge in [0.05, 0.1) is 10.0 Å². The molecule has 5 nitrogen and oxygen atoms in total. The summed E-state index contributed by atoms with van der Waals surface area (Å²) in [5, 5.41) is 6.35. The highest BCUT2D eigenvalue weighted by Gasteiger charge is 2.35. The average molecular weight is 434 g/mol. The molecule has 0 atom stereocenters. The molecule has 152 valence electrons. The van der Waals surface area contributed by atoms with E-state index >= 15 is 0 Å². The second kappa shape index (κ2) is 9.15. The molecule has 0 bridgehead atoms. The lowest BCUT2D eigenvalue weighted by molar-refractivity contribution is -0.137. The third-order valence-corrected chi connectivity index (χ3v) is 5.15. The number of alkyl halides is 3. The number of hydrogen-bond acceptors (Lipinski definition) is 5. The van der Waals surface area contributed by atoms with Gasteiger partial charge in [-0.25, -0.2) is 4.98 Å². The Labute approximate surface area is 171 Å². The van der Waals surface area contributed by atoms with Gasteiger partial charge in [0.1, 0.15) is 11.4 Å². The largest absolute Gasteiger partial charge is 0.421 e. The van der Waals surface area contributed by atoms with Gasteiger partial charge in [0.25, 0.3) is 0 Å². The van der Waals surface area contributed by atoms with E-state index in [-0.39, 0.29) is 11.8 Å². The molecule has 2 N–H and O–H groups in total. The van der Waals surface area contributed by atoms with E-state index in [2.05, 4.69) is 25.5 Å². The standard InChI is InChI=1S/C18H20Cl2F3N5/c19-14-5-4-12(10-15(14)20)26-17-25-11-13(18(21,22)23)16(27-17)24-6-3-9-28-7-1-2-8-28/h4-5,10-11H,1-3,6-9H2,(H2,24,25,26,27). The molecule has 0 spiro atoms. The lowest BCUT2D eigenvalue weighted by Gasteiger charge is -2.17. The zero-order chi connectivity index (χ0) is 20.1. The third kappa shape index (κ3) is 5.62. The molecule has 0 amide bonds. The number of anilines is 3. The van der Waals surface area contributed by atoms with Crippen molar-refractivity contribution in [2.24, 2.45) is 0 Å². The Balaban J connectivity index is 1.69. The first-order valence-electron chi connectivity index (χ1n) is 8.95. The van der Waals surface area contributed by atoms with Crippen LogP contribution in [0.2, 0.25) is 10.0 Å². The first-order valence-corrected chi connectivity index (χ1v) is 9.71. The maximum absolute atomic E-state index is 13.3. The lowest BCUT2D eigenvalue weighted by Crippen LogP contribution is -2.23. The average Bonchev–Trinajstić information content (AvgIpc) is 3.14. The van der Waals surface area contributed by atoms with Crippen molar-refractivity contribution in [1.29, 1.82) is 0 Å². The van der Waals surface area contributed by atoms with Crippen molar-refractivity contribution in [3.63, 3.8) is 0 Å². The van der Waals surface area contributed by atoms with Crippen molar-refractivity contribution in [1.82, 2.24) is 14.9 Å². The van der Waals surface area contributed by atoms with Crippen molar-refractivity contribution < 1.29 is 13.2 Å². The van der Waals surface area contributed by atoms with Gasteiger partial charge in [-0.3, -0.25) is 0 Å². The summed E-state index contributed by atoms with van der Waals surface area (Å²) in [6.07, 6.45) is -0.672. The Morgan fingerprint density at radius 1 is 1.11 bits per heavy atom. The zero-order valence-corrected chi connectivity index (χ0v) is 16.5. The number of likely N-dealkylation sites (tertiary alicyclic amines) is 1. The molecule has 28 heavy (non-hydrogen) atoms.